The summed E-state index contributed by atoms with van der Waals surface area (Å²) < 4.78 is 1.48. The fourth-order valence-electron chi connectivity index (χ4n) is 0.698. The molecule has 1 N–H and O–H groups in total. The van der Waals surface area contributed by atoms with Gasteiger partial charge in [0.1, 0.15) is 0 Å². The van der Waals surface area contributed by atoms with Crippen LogP contribution in [0.3, 0.4) is 0 Å². The number of thiocarbonyl (C=S) groups is 2. The third kappa shape index (κ3) is 13.2. The monoisotopic (exact) mass is 317 g/mol. The summed E-state index contributed by atoms with van der Waals surface area (Å²) >= 11 is 16.2. The summed E-state index contributed by atoms with van der Waals surface area (Å²) in [5.41, 5.74) is 0. The summed E-state index contributed by atoms with van der Waals surface area (Å²) in [6.07, 6.45) is 2.95. The van der Waals surface area contributed by atoms with Crippen LogP contribution in [0.25, 0.3) is 0 Å². The van der Waals surface area contributed by atoms with Crippen molar-refractivity contribution < 1.29 is 19.5 Å². The maximum atomic E-state index is 5.09. The molecule has 0 aromatic heterocycles. The van der Waals surface area contributed by atoms with Gasteiger partial charge in [-0.1, -0.05) is 23.5 Å². The average molecular weight is 319 g/mol. The Labute approximate surface area is 121 Å². The van der Waals surface area contributed by atoms with Crippen LogP contribution >= 0.6 is 36.2 Å². The second-order valence-corrected chi connectivity index (χ2v) is 5.28. The summed E-state index contributed by atoms with van der Waals surface area (Å²) in [5.74, 6) is 0.505. The first-order valence-electron chi connectivity index (χ1n) is 3.58. The minimum absolute atomic E-state index is 0. The molecule has 0 saturated carbocycles. The molecule has 78 valence electrons. The summed E-state index contributed by atoms with van der Waals surface area (Å²) in [5, 5.41) is 2.95. The summed E-state index contributed by atoms with van der Waals surface area (Å²) in [4.78, 5) is 0. The Morgan fingerprint density at radius 3 is 2.36 bits per heavy atom. The van der Waals surface area contributed by atoms with E-state index in [-0.39, 0.29) is 26.9 Å². The molecule has 1 atom stereocenters. The Kier molecular flexibility index (Phi) is 18.0. The van der Waals surface area contributed by atoms with Gasteiger partial charge in [-0.25, -0.2) is 0 Å². The van der Waals surface area contributed by atoms with Gasteiger partial charge in [0.2, 0.25) is 0 Å². The molecule has 0 heterocycles. The quantitative estimate of drug-likeness (QED) is 0.369. The van der Waals surface area contributed by atoms with E-state index < -0.39 is 0 Å². The standard InChI is InChI=1S/C7H13NS4.CH3.Zn/c1-5(3-6(9)12-2)4-8-7(10)11;;/h5H,3-4H2,1-2H3,(H2,8,10,11);1H3;/q;-1;+2/p-1. The maximum absolute atomic E-state index is 5.09. The molecular formula is C8H15NS4Zn. The van der Waals surface area contributed by atoms with E-state index in [0.717, 1.165) is 17.2 Å². The Morgan fingerprint density at radius 1 is 1.50 bits per heavy atom. The van der Waals surface area contributed by atoms with Crippen molar-refractivity contribution >= 4 is 57.3 Å². The SMILES string of the molecule is CSC(=S)CC(C)CNC(=S)[S-].[CH3-].[Zn+2]. The molecule has 0 bridgehead atoms. The largest absolute Gasteiger partial charge is 2.00 e. The van der Waals surface area contributed by atoms with Crippen LogP contribution in [0.15, 0.2) is 0 Å². The summed E-state index contributed by atoms with van der Waals surface area (Å²) in [6, 6.07) is 0. The number of rotatable bonds is 4. The van der Waals surface area contributed by atoms with Crippen molar-refractivity contribution in [2.24, 2.45) is 5.92 Å². The molecular weight excluding hydrogens is 304 g/mol. The molecule has 0 saturated heterocycles. The van der Waals surface area contributed by atoms with Crippen LogP contribution in [-0.4, -0.2) is 21.3 Å². The molecule has 0 aliphatic heterocycles. The fraction of sp³-hybridized carbons (Fsp3) is 0.625. The van der Waals surface area contributed by atoms with Gasteiger partial charge in [0, 0.05) is 10.7 Å². The third-order valence-electron chi connectivity index (χ3n) is 1.34. The van der Waals surface area contributed by atoms with Crippen molar-refractivity contribution in [2.45, 2.75) is 13.3 Å². The molecule has 0 rings (SSSR count). The first-order valence-corrected chi connectivity index (χ1v) is 6.03. The van der Waals surface area contributed by atoms with Gasteiger partial charge in [-0.3, -0.25) is 0 Å². The first-order chi connectivity index (χ1) is 5.56. The summed E-state index contributed by atoms with van der Waals surface area (Å²) in [7, 11) is 0. The molecule has 1 unspecified atom stereocenters. The van der Waals surface area contributed by atoms with Gasteiger partial charge in [-0.05, 0) is 18.6 Å². The second kappa shape index (κ2) is 12.2. The predicted octanol–water partition coefficient (Wildman–Crippen LogP) is 2.57. The maximum Gasteiger partial charge on any atom is 2.00 e. The molecule has 6 heteroatoms. The van der Waals surface area contributed by atoms with E-state index in [1.54, 1.807) is 11.8 Å². The van der Waals surface area contributed by atoms with Gasteiger partial charge >= 0.3 is 19.5 Å². The topological polar surface area (TPSA) is 12.0 Å². The van der Waals surface area contributed by atoms with Crippen LogP contribution < -0.4 is 5.32 Å². The van der Waals surface area contributed by atoms with Gasteiger partial charge in [-0.2, -0.15) is 0 Å². The number of hydrogen-bond acceptors (Lipinski definition) is 4. The molecule has 0 aliphatic rings. The molecule has 0 spiro atoms. The Hall–Kier alpha value is 1.17. The van der Waals surface area contributed by atoms with Crippen molar-refractivity contribution in [2.75, 3.05) is 12.8 Å². The molecule has 1 nitrogen and oxygen atoms in total. The Bertz CT molecular complexity index is 175. The number of nitrogens with one attached hydrogen (secondary N) is 1. The van der Waals surface area contributed by atoms with E-state index in [1.165, 1.54) is 0 Å². The van der Waals surface area contributed by atoms with Crippen molar-refractivity contribution in [3.8, 4) is 0 Å². The van der Waals surface area contributed by atoms with Crippen LogP contribution in [0.1, 0.15) is 13.3 Å². The molecule has 0 fully saturated rings. The van der Waals surface area contributed by atoms with Crippen LogP contribution in [-0.2, 0) is 32.1 Å². The fourth-order valence-corrected chi connectivity index (χ4v) is 1.60. The normalized spacial score (nSPS) is 10.4. The molecule has 0 aromatic rings. The van der Waals surface area contributed by atoms with E-state index >= 15 is 0 Å². The van der Waals surface area contributed by atoms with Gasteiger partial charge < -0.3 is 37.6 Å². The van der Waals surface area contributed by atoms with E-state index in [1.807, 2.05) is 6.26 Å². The van der Waals surface area contributed by atoms with Gasteiger partial charge in [0.15, 0.2) is 0 Å². The van der Waals surface area contributed by atoms with Gasteiger partial charge in [0.25, 0.3) is 0 Å². The van der Waals surface area contributed by atoms with E-state index in [2.05, 4.69) is 12.2 Å². The van der Waals surface area contributed by atoms with E-state index in [4.69, 9.17) is 37.1 Å². The Morgan fingerprint density at radius 2 is 2.00 bits per heavy atom. The first kappa shape index (κ1) is 20.6. The molecule has 0 aliphatic carbocycles. The van der Waals surface area contributed by atoms with Crippen LogP contribution in [0.4, 0.5) is 0 Å². The van der Waals surface area contributed by atoms with Gasteiger partial charge in [-0.15, -0.1) is 11.8 Å². The molecule has 0 amide bonds. The minimum Gasteiger partial charge on any atom is -0.412 e. The molecule has 0 aromatic carbocycles. The van der Waals surface area contributed by atoms with Crippen molar-refractivity contribution in [1.82, 2.24) is 5.32 Å². The van der Waals surface area contributed by atoms with Crippen LogP contribution in [0.5, 0.6) is 0 Å². The van der Waals surface area contributed by atoms with Crippen molar-refractivity contribution in [1.29, 1.82) is 0 Å². The molecule has 0 radical (unpaired) electrons. The van der Waals surface area contributed by atoms with Crippen molar-refractivity contribution in [3.05, 3.63) is 7.43 Å². The molecule has 14 heavy (non-hydrogen) atoms. The second-order valence-electron chi connectivity index (χ2n) is 2.55. The van der Waals surface area contributed by atoms with Gasteiger partial charge in [0.05, 0.1) is 0 Å². The predicted molar refractivity (Wildman–Crippen MR) is 74.3 cm³/mol. The van der Waals surface area contributed by atoms with E-state index in [9.17, 15) is 0 Å². The van der Waals surface area contributed by atoms with Crippen LogP contribution in [0.2, 0.25) is 0 Å². The zero-order valence-corrected chi connectivity index (χ0v) is 15.1. The van der Waals surface area contributed by atoms with E-state index in [0.29, 0.717) is 10.2 Å². The summed E-state index contributed by atoms with van der Waals surface area (Å²) in [6.45, 7) is 2.95. The zero-order valence-electron chi connectivity index (χ0n) is 8.83. The number of thioether (sulfide) groups is 1. The average Bonchev–Trinajstić information content (AvgIpc) is 2.00. The number of hydrogen-bond donors (Lipinski definition) is 1. The van der Waals surface area contributed by atoms with Crippen LogP contribution in [0, 0.1) is 13.3 Å². The Balaban J connectivity index is -0.000000605. The smallest absolute Gasteiger partial charge is 0.412 e. The minimum atomic E-state index is 0. The zero-order chi connectivity index (χ0) is 9.56. The van der Waals surface area contributed by atoms with Crippen molar-refractivity contribution in [3.63, 3.8) is 0 Å². The third-order valence-corrected chi connectivity index (χ3v) is 2.92.